The van der Waals surface area contributed by atoms with Crippen molar-refractivity contribution in [2.75, 3.05) is 11.5 Å². The molecular formula is C14H13N3O2. The zero-order valence-corrected chi connectivity index (χ0v) is 10.1. The zero-order chi connectivity index (χ0) is 13.8. The van der Waals surface area contributed by atoms with Crippen LogP contribution < -0.4 is 11.5 Å². The molecule has 5 heteroatoms. The summed E-state index contributed by atoms with van der Waals surface area (Å²) in [4.78, 5) is 10.5. The van der Waals surface area contributed by atoms with Crippen LogP contribution in [0.3, 0.4) is 0 Å². The fourth-order valence-electron chi connectivity index (χ4n) is 1.65. The second-order valence-corrected chi connectivity index (χ2v) is 4.08. The quantitative estimate of drug-likeness (QED) is 0.381. The normalized spacial score (nSPS) is 10.7. The van der Waals surface area contributed by atoms with Gasteiger partial charge in [0.25, 0.3) is 5.69 Å². The van der Waals surface area contributed by atoms with Crippen LogP contribution in [0.15, 0.2) is 42.5 Å². The van der Waals surface area contributed by atoms with Crippen LogP contribution in [-0.2, 0) is 0 Å². The van der Waals surface area contributed by atoms with Gasteiger partial charge in [0.1, 0.15) is 0 Å². The van der Waals surface area contributed by atoms with Crippen LogP contribution in [0.25, 0.3) is 12.2 Å². The lowest BCUT2D eigenvalue weighted by atomic mass is 10.1. The Balaban J connectivity index is 2.32. The Bertz CT molecular complexity index is 634. The van der Waals surface area contributed by atoms with Gasteiger partial charge in [-0.15, -0.1) is 0 Å². The highest BCUT2D eigenvalue weighted by atomic mass is 16.6. The topological polar surface area (TPSA) is 95.2 Å². The van der Waals surface area contributed by atoms with Crippen molar-refractivity contribution >= 4 is 29.2 Å². The Labute approximate surface area is 110 Å². The van der Waals surface area contributed by atoms with Crippen molar-refractivity contribution in [3.8, 4) is 0 Å². The first kappa shape index (κ1) is 12.6. The molecule has 0 aliphatic carbocycles. The number of nitrogens with zero attached hydrogens (tertiary/aromatic N) is 1. The largest absolute Gasteiger partial charge is 0.399 e. The lowest BCUT2D eigenvalue weighted by Crippen LogP contribution is -1.94. The van der Waals surface area contributed by atoms with Gasteiger partial charge in [-0.3, -0.25) is 10.1 Å². The highest BCUT2D eigenvalue weighted by Gasteiger charge is 2.11. The Hall–Kier alpha value is -2.82. The van der Waals surface area contributed by atoms with Gasteiger partial charge in [-0.25, -0.2) is 0 Å². The van der Waals surface area contributed by atoms with E-state index >= 15 is 0 Å². The van der Waals surface area contributed by atoms with Gasteiger partial charge >= 0.3 is 0 Å². The van der Waals surface area contributed by atoms with E-state index in [9.17, 15) is 10.1 Å². The Morgan fingerprint density at radius 2 is 1.58 bits per heavy atom. The fourth-order valence-corrected chi connectivity index (χ4v) is 1.65. The molecule has 0 amide bonds. The van der Waals surface area contributed by atoms with E-state index in [2.05, 4.69) is 0 Å². The number of nitrogen functional groups attached to an aromatic ring is 2. The second-order valence-electron chi connectivity index (χ2n) is 4.08. The van der Waals surface area contributed by atoms with Crippen LogP contribution in [0.2, 0.25) is 0 Å². The SMILES string of the molecule is Nc1ccc(/C=C/c2ccc(N)cc2[N+](=O)[O-])cc1. The Kier molecular flexibility index (Phi) is 3.47. The lowest BCUT2D eigenvalue weighted by molar-refractivity contribution is -0.385. The zero-order valence-electron chi connectivity index (χ0n) is 10.1. The molecule has 2 aromatic carbocycles. The average molecular weight is 255 g/mol. The number of benzene rings is 2. The number of nitrogens with two attached hydrogens (primary N) is 2. The molecule has 0 bridgehead atoms. The predicted molar refractivity (Wildman–Crippen MR) is 77.3 cm³/mol. The third-order valence-corrected chi connectivity index (χ3v) is 2.64. The highest BCUT2D eigenvalue weighted by Crippen LogP contribution is 2.23. The smallest absolute Gasteiger partial charge is 0.278 e. The minimum absolute atomic E-state index is 0.00769. The first-order chi connectivity index (χ1) is 9.06. The molecule has 4 N–H and O–H groups in total. The summed E-state index contributed by atoms with van der Waals surface area (Å²) >= 11 is 0. The molecule has 2 rings (SSSR count). The number of rotatable bonds is 3. The van der Waals surface area contributed by atoms with Crippen LogP contribution >= 0.6 is 0 Å². The Morgan fingerprint density at radius 3 is 2.21 bits per heavy atom. The van der Waals surface area contributed by atoms with Gasteiger partial charge in [-0.05, 0) is 35.9 Å². The van der Waals surface area contributed by atoms with E-state index in [4.69, 9.17) is 11.5 Å². The van der Waals surface area contributed by atoms with E-state index < -0.39 is 4.92 Å². The molecule has 0 spiro atoms. The van der Waals surface area contributed by atoms with Crippen LogP contribution in [0.1, 0.15) is 11.1 Å². The predicted octanol–water partition coefficient (Wildman–Crippen LogP) is 2.93. The molecule has 0 fully saturated rings. The van der Waals surface area contributed by atoms with Gasteiger partial charge in [0.15, 0.2) is 0 Å². The van der Waals surface area contributed by atoms with Crippen LogP contribution in [-0.4, -0.2) is 4.92 Å². The molecule has 96 valence electrons. The van der Waals surface area contributed by atoms with Gasteiger partial charge < -0.3 is 11.5 Å². The minimum atomic E-state index is -0.445. The second kappa shape index (κ2) is 5.22. The number of hydrogen-bond donors (Lipinski definition) is 2. The van der Waals surface area contributed by atoms with Gasteiger partial charge in [-0.2, -0.15) is 0 Å². The molecule has 0 aromatic heterocycles. The van der Waals surface area contributed by atoms with E-state index in [-0.39, 0.29) is 5.69 Å². The Morgan fingerprint density at radius 1 is 0.947 bits per heavy atom. The molecule has 2 aromatic rings. The van der Waals surface area contributed by atoms with Gasteiger partial charge in [0.05, 0.1) is 10.5 Å². The third-order valence-electron chi connectivity index (χ3n) is 2.64. The summed E-state index contributed by atoms with van der Waals surface area (Å²) in [6, 6.07) is 11.8. The minimum Gasteiger partial charge on any atom is -0.399 e. The molecule has 19 heavy (non-hydrogen) atoms. The maximum atomic E-state index is 10.9. The van der Waals surface area contributed by atoms with Gasteiger partial charge in [0, 0.05) is 17.4 Å². The summed E-state index contributed by atoms with van der Waals surface area (Å²) < 4.78 is 0. The van der Waals surface area contributed by atoms with E-state index in [0.717, 1.165) is 5.56 Å². The maximum Gasteiger partial charge on any atom is 0.278 e. The van der Waals surface area contributed by atoms with Crippen molar-refractivity contribution in [3.05, 3.63) is 63.7 Å². The van der Waals surface area contributed by atoms with Gasteiger partial charge in [-0.1, -0.05) is 18.2 Å². The molecular weight excluding hydrogens is 242 g/mol. The monoisotopic (exact) mass is 255 g/mol. The molecule has 0 atom stereocenters. The van der Waals surface area contributed by atoms with E-state index in [0.29, 0.717) is 16.9 Å². The first-order valence-electron chi connectivity index (χ1n) is 5.64. The van der Waals surface area contributed by atoms with Crippen molar-refractivity contribution in [1.82, 2.24) is 0 Å². The van der Waals surface area contributed by atoms with Crippen molar-refractivity contribution in [1.29, 1.82) is 0 Å². The van der Waals surface area contributed by atoms with Crippen molar-refractivity contribution in [2.24, 2.45) is 0 Å². The molecule has 0 aliphatic rings. The number of anilines is 2. The van der Waals surface area contributed by atoms with Crippen LogP contribution in [0, 0.1) is 10.1 Å². The summed E-state index contributed by atoms with van der Waals surface area (Å²) in [6.45, 7) is 0. The molecule has 5 nitrogen and oxygen atoms in total. The van der Waals surface area contributed by atoms with E-state index in [1.807, 2.05) is 12.1 Å². The van der Waals surface area contributed by atoms with Crippen molar-refractivity contribution in [3.63, 3.8) is 0 Å². The number of nitro groups is 1. The summed E-state index contributed by atoms with van der Waals surface area (Å²) in [5, 5.41) is 10.9. The molecule has 0 unspecified atom stereocenters. The highest BCUT2D eigenvalue weighted by molar-refractivity contribution is 5.75. The average Bonchev–Trinajstić information content (AvgIpc) is 2.39. The van der Waals surface area contributed by atoms with Gasteiger partial charge in [0.2, 0.25) is 0 Å². The lowest BCUT2D eigenvalue weighted by Gasteiger charge is -1.99. The molecule has 0 saturated carbocycles. The number of hydrogen-bond acceptors (Lipinski definition) is 4. The van der Waals surface area contributed by atoms with Crippen LogP contribution in [0.4, 0.5) is 17.1 Å². The molecule has 0 heterocycles. The fraction of sp³-hybridized carbons (Fsp3) is 0. The van der Waals surface area contributed by atoms with Crippen molar-refractivity contribution < 1.29 is 4.92 Å². The molecule has 0 aliphatic heterocycles. The molecule has 0 saturated heterocycles. The molecule has 0 radical (unpaired) electrons. The third kappa shape index (κ3) is 3.10. The summed E-state index contributed by atoms with van der Waals surface area (Å²) in [6.07, 6.45) is 3.47. The van der Waals surface area contributed by atoms with E-state index in [1.54, 1.807) is 36.4 Å². The number of nitro benzene ring substituents is 1. The standard InChI is InChI=1S/C14H13N3O2/c15-12-6-2-10(3-7-12)1-4-11-5-8-13(16)9-14(11)17(18)19/h1-9H,15-16H2/b4-1+. The summed E-state index contributed by atoms with van der Waals surface area (Å²) in [7, 11) is 0. The maximum absolute atomic E-state index is 10.9. The first-order valence-corrected chi connectivity index (χ1v) is 5.64. The summed E-state index contributed by atoms with van der Waals surface area (Å²) in [5.74, 6) is 0. The van der Waals surface area contributed by atoms with Crippen LogP contribution in [0.5, 0.6) is 0 Å². The summed E-state index contributed by atoms with van der Waals surface area (Å²) in [5.41, 5.74) is 13.6. The van der Waals surface area contributed by atoms with Crippen molar-refractivity contribution in [2.45, 2.75) is 0 Å². The van der Waals surface area contributed by atoms with E-state index in [1.165, 1.54) is 6.07 Å².